The molecule has 2 aliphatic rings. The third kappa shape index (κ3) is 4.45. The monoisotopic (exact) mass is 347 g/mol. The second-order valence-corrected chi connectivity index (χ2v) is 6.99. The number of amidine groups is 1. The number of rotatable bonds is 3. The normalized spacial score (nSPS) is 21.4. The summed E-state index contributed by atoms with van der Waals surface area (Å²) >= 11 is 0. The van der Waals surface area contributed by atoms with Crippen LogP contribution in [0.2, 0.25) is 0 Å². The molecule has 1 aromatic rings. The molecule has 0 spiro atoms. The Balaban J connectivity index is 1.61. The number of hydrogen-bond donors (Lipinski definition) is 1. The van der Waals surface area contributed by atoms with Crippen LogP contribution in [-0.2, 0) is 0 Å². The fourth-order valence-corrected chi connectivity index (χ4v) is 3.72. The standard InChI is InChI=1S/C23H29N3/c1-4-14-26-15-12-21(13-16-26)20-9-6-18(7-10-20)8-11-22-17-19(5-2)23(24-3)25-22/h5-7,9-10,17,21H,4,12-16H2,1-3H3,(H,24,25)/b19-5-. The van der Waals surface area contributed by atoms with E-state index < -0.39 is 0 Å². The van der Waals surface area contributed by atoms with Crippen molar-refractivity contribution in [3.05, 3.63) is 58.8 Å². The lowest BCUT2D eigenvalue weighted by Gasteiger charge is -2.31. The summed E-state index contributed by atoms with van der Waals surface area (Å²) in [5, 5.41) is 3.25. The molecule has 0 atom stereocenters. The van der Waals surface area contributed by atoms with E-state index in [1.165, 1.54) is 44.5 Å². The van der Waals surface area contributed by atoms with Gasteiger partial charge in [-0.05, 0) is 81.4 Å². The average Bonchev–Trinajstić information content (AvgIpc) is 3.10. The van der Waals surface area contributed by atoms with E-state index in [0.29, 0.717) is 5.92 Å². The average molecular weight is 348 g/mol. The smallest absolute Gasteiger partial charge is 0.132 e. The summed E-state index contributed by atoms with van der Waals surface area (Å²) in [5.74, 6) is 8.06. The first-order valence-corrected chi connectivity index (χ1v) is 9.70. The molecule has 3 nitrogen and oxygen atoms in total. The van der Waals surface area contributed by atoms with E-state index in [1.54, 1.807) is 7.05 Å². The number of benzene rings is 1. The molecule has 1 aromatic carbocycles. The van der Waals surface area contributed by atoms with Crippen LogP contribution in [0.3, 0.4) is 0 Å². The Morgan fingerprint density at radius 1 is 1.19 bits per heavy atom. The van der Waals surface area contributed by atoms with E-state index in [2.05, 4.69) is 58.2 Å². The maximum absolute atomic E-state index is 4.24. The van der Waals surface area contributed by atoms with Crippen LogP contribution in [0, 0.1) is 11.8 Å². The van der Waals surface area contributed by atoms with Gasteiger partial charge in [0.2, 0.25) is 0 Å². The summed E-state index contributed by atoms with van der Waals surface area (Å²) in [6, 6.07) is 8.83. The van der Waals surface area contributed by atoms with Crippen LogP contribution >= 0.6 is 0 Å². The van der Waals surface area contributed by atoms with Gasteiger partial charge in [-0.2, -0.15) is 0 Å². The lowest BCUT2D eigenvalue weighted by molar-refractivity contribution is 0.213. The van der Waals surface area contributed by atoms with Gasteiger partial charge in [0.25, 0.3) is 0 Å². The highest BCUT2D eigenvalue weighted by molar-refractivity contribution is 6.05. The zero-order chi connectivity index (χ0) is 18.4. The van der Waals surface area contributed by atoms with Crippen molar-refractivity contribution >= 4 is 5.84 Å². The molecule has 0 radical (unpaired) electrons. The van der Waals surface area contributed by atoms with Gasteiger partial charge in [0.05, 0.1) is 5.70 Å². The fraction of sp³-hybridized carbons (Fsp3) is 0.435. The third-order valence-electron chi connectivity index (χ3n) is 5.21. The van der Waals surface area contributed by atoms with Crippen LogP contribution in [-0.4, -0.2) is 37.4 Å². The molecule has 0 amide bonds. The van der Waals surface area contributed by atoms with Gasteiger partial charge in [-0.25, -0.2) is 0 Å². The van der Waals surface area contributed by atoms with E-state index in [4.69, 9.17) is 0 Å². The number of allylic oxidation sites excluding steroid dienone is 2. The third-order valence-corrected chi connectivity index (χ3v) is 5.21. The summed E-state index contributed by atoms with van der Waals surface area (Å²) in [6.45, 7) is 7.98. The molecule has 1 fully saturated rings. The highest BCUT2D eigenvalue weighted by atomic mass is 15.1. The Kier molecular flexibility index (Phi) is 6.30. The molecular formula is C23H29N3. The largest absolute Gasteiger partial charge is 0.333 e. The van der Waals surface area contributed by atoms with E-state index in [9.17, 15) is 0 Å². The zero-order valence-electron chi connectivity index (χ0n) is 16.2. The van der Waals surface area contributed by atoms with Crippen LogP contribution < -0.4 is 5.32 Å². The molecule has 1 saturated heterocycles. The van der Waals surface area contributed by atoms with Gasteiger partial charge in [-0.1, -0.05) is 31.1 Å². The first-order chi connectivity index (χ1) is 12.7. The van der Waals surface area contributed by atoms with Crippen LogP contribution in [0.25, 0.3) is 0 Å². The number of likely N-dealkylation sites (tertiary alicyclic amines) is 1. The molecular weight excluding hydrogens is 318 g/mol. The lowest BCUT2D eigenvalue weighted by atomic mass is 9.89. The Bertz CT molecular complexity index is 764. The van der Waals surface area contributed by atoms with Gasteiger partial charge in [-0.15, -0.1) is 0 Å². The van der Waals surface area contributed by atoms with Crippen molar-refractivity contribution in [2.45, 2.75) is 39.0 Å². The molecule has 2 heterocycles. The van der Waals surface area contributed by atoms with Crippen LogP contribution in [0.5, 0.6) is 0 Å². The molecule has 3 heteroatoms. The molecule has 0 aromatic heterocycles. The Morgan fingerprint density at radius 3 is 2.50 bits per heavy atom. The molecule has 0 bridgehead atoms. The molecule has 0 saturated carbocycles. The predicted molar refractivity (Wildman–Crippen MR) is 110 cm³/mol. The highest BCUT2D eigenvalue weighted by Crippen LogP contribution is 2.28. The molecule has 3 rings (SSSR count). The summed E-state index contributed by atoms with van der Waals surface area (Å²) in [5.41, 5.74) is 4.53. The second kappa shape index (κ2) is 8.87. The highest BCUT2D eigenvalue weighted by Gasteiger charge is 2.19. The molecule has 1 N–H and O–H groups in total. The molecule has 26 heavy (non-hydrogen) atoms. The Labute approximate surface area is 157 Å². The minimum atomic E-state index is 0.699. The van der Waals surface area contributed by atoms with E-state index >= 15 is 0 Å². The Morgan fingerprint density at radius 2 is 1.92 bits per heavy atom. The SMILES string of the molecule is C/C=C1/C=C(C#Cc2ccc(C3CCN(CCC)CC3)cc2)NC1=NC. The molecule has 0 aliphatic carbocycles. The molecule has 0 unspecified atom stereocenters. The number of aliphatic imine (C=N–C) groups is 1. The zero-order valence-corrected chi connectivity index (χ0v) is 16.2. The summed E-state index contributed by atoms with van der Waals surface area (Å²) in [7, 11) is 1.79. The lowest BCUT2D eigenvalue weighted by Crippen LogP contribution is -2.33. The van der Waals surface area contributed by atoms with Crippen molar-refractivity contribution in [3.8, 4) is 11.8 Å². The van der Waals surface area contributed by atoms with Gasteiger partial charge in [-0.3, -0.25) is 4.99 Å². The minimum Gasteiger partial charge on any atom is -0.333 e. The van der Waals surface area contributed by atoms with Gasteiger partial charge in [0.15, 0.2) is 0 Å². The van der Waals surface area contributed by atoms with Crippen molar-refractivity contribution in [1.82, 2.24) is 10.2 Å². The van der Waals surface area contributed by atoms with Crippen molar-refractivity contribution < 1.29 is 0 Å². The quantitative estimate of drug-likeness (QED) is 0.834. The number of nitrogens with zero attached hydrogens (tertiary/aromatic N) is 2. The van der Waals surface area contributed by atoms with Gasteiger partial charge < -0.3 is 10.2 Å². The first-order valence-electron chi connectivity index (χ1n) is 9.70. The van der Waals surface area contributed by atoms with Crippen LogP contribution in [0.4, 0.5) is 0 Å². The van der Waals surface area contributed by atoms with Crippen molar-refractivity contribution in [2.24, 2.45) is 4.99 Å². The van der Waals surface area contributed by atoms with Crippen LogP contribution in [0.15, 0.2) is 52.7 Å². The minimum absolute atomic E-state index is 0.699. The number of nitrogens with one attached hydrogen (secondary N) is 1. The Hall–Kier alpha value is -2.31. The number of piperidine rings is 1. The fourth-order valence-electron chi connectivity index (χ4n) is 3.72. The van der Waals surface area contributed by atoms with E-state index in [1.807, 2.05) is 19.1 Å². The van der Waals surface area contributed by atoms with E-state index in [-0.39, 0.29) is 0 Å². The second-order valence-electron chi connectivity index (χ2n) is 6.99. The van der Waals surface area contributed by atoms with Crippen LogP contribution in [0.1, 0.15) is 50.2 Å². The van der Waals surface area contributed by atoms with Crippen molar-refractivity contribution in [3.63, 3.8) is 0 Å². The topological polar surface area (TPSA) is 27.6 Å². The van der Waals surface area contributed by atoms with Crippen molar-refractivity contribution in [2.75, 3.05) is 26.7 Å². The van der Waals surface area contributed by atoms with Gasteiger partial charge >= 0.3 is 0 Å². The summed E-state index contributed by atoms with van der Waals surface area (Å²) < 4.78 is 0. The van der Waals surface area contributed by atoms with E-state index in [0.717, 1.165) is 22.7 Å². The summed E-state index contributed by atoms with van der Waals surface area (Å²) in [6.07, 6.45) is 7.89. The molecule has 136 valence electrons. The van der Waals surface area contributed by atoms with Gasteiger partial charge in [0, 0.05) is 18.2 Å². The predicted octanol–water partition coefficient (Wildman–Crippen LogP) is 4.09. The maximum atomic E-state index is 4.24. The summed E-state index contributed by atoms with van der Waals surface area (Å²) in [4.78, 5) is 6.83. The molecule has 2 aliphatic heterocycles. The first kappa shape index (κ1) is 18.5. The number of hydrogen-bond acceptors (Lipinski definition) is 2. The maximum Gasteiger partial charge on any atom is 0.132 e. The van der Waals surface area contributed by atoms with Crippen molar-refractivity contribution in [1.29, 1.82) is 0 Å². The van der Waals surface area contributed by atoms with Gasteiger partial charge in [0.1, 0.15) is 5.84 Å².